The fourth-order valence-corrected chi connectivity index (χ4v) is 1.46. The molecule has 0 aliphatic carbocycles. The number of rotatable bonds is 2. The van der Waals surface area contributed by atoms with Gasteiger partial charge in [0.2, 0.25) is 0 Å². The zero-order valence-corrected chi connectivity index (χ0v) is 7.27. The topological polar surface area (TPSA) is 6.48 Å². The molecule has 1 heterocycles. The fourth-order valence-electron chi connectivity index (χ4n) is 1.23. The first-order chi connectivity index (χ1) is 4.86. The molecule has 1 aliphatic rings. The molecule has 1 saturated heterocycles. The van der Waals surface area contributed by atoms with E-state index < -0.39 is 0 Å². The lowest BCUT2D eigenvalue weighted by Crippen LogP contribution is -2.45. The summed E-state index contributed by atoms with van der Waals surface area (Å²) in [5, 5.41) is 0. The smallest absolute Gasteiger partial charge is 0.0739 e. The van der Waals surface area contributed by atoms with Crippen LogP contribution in [-0.2, 0) is 0 Å². The molecular weight excluding hydrogens is 148 g/mol. The highest BCUT2D eigenvalue weighted by Crippen LogP contribution is 2.00. The zero-order chi connectivity index (χ0) is 7.40. The lowest BCUT2D eigenvalue weighted by molar-refractivity contribution is 0.154. The standard InChI is InChI=1S/C7H15ClN2/c1-2-9-3-5-10(7-8)6-4-9/h2-7H2,1H3. The fraction of sp³-hybridized carbons (Fsp3) is 1.00. The van der Waals surface area contributed by atoms with E-state index in [4.69, 9.17) is 11.6 Å². The quantitative estimate of drug-likeness (QED) is 0.438. The lowest BCUT2D eigenvalue weighted by atomic mass is 10.3. The van der Waals surface area contributed by atoms with Gasteiger partial charge in [0.05, 0.1) is 6.00 Å². The highest BCUT2D eigenvalue weighted by molar-refractivity contribution is 6.17. The van der Waals surface area contributed by atoms with E-state index in [-0.39, 0.29) is 0 Å². The van der Waals surface area contributed by atoms with Crippen molar-refractivity contribution >= 4 is 11.6 Å². The molecule has 0 atom stereocenters. The molecule has 0 radical (unpaired) electrons. The van der Waals surface area contributed by atoms with E-state index in [1.165, 1.54) is 19.6 Å². The van der Waals surface area contributed by atoms with E-state index in [1.54, 1.807) is 0 Å². The van der Waals surface area contributed by atoms with Gasteiger partial charge in [0.1, 0.15) is 0 Å². The van der Waals surface area contributed by atoms with Gasteiger partial charge < -0.3 is 4.90 Å². The van der Waals surface area contributed by atoms with Crippen LogP contribution in [0.3, 0.4) is 0 Å². The van der Waals surface area contributed by atoms with Crippen molar-refractivity contribution in [3.8, 4) is 0 Å². The van der Waals surface area contributed by atoms with Gasteiger partial charge in [-0.15, -0.1) is 11.6 Å². The summed E-state index contributed by atoms with van der Waals surface area (Å²) in [5.74, 6) is 0. The van der Waals surface area contributed by atoms with E-state index >= 15 is 0 Å². The van der Waals surface area contributed by atoms with Gasteiger partial charge in [0.25, 0.3) is 0 Å². The number of hydrogen-bond acceptors (Lipinski definition) is 2. The molecule has 60 valence electrons. The molecule has 3 heteroatoms. The Bertz CT molecular complexity index is 77.6. The molecular formula is C7H15ClN2. The van der Waals surface area contributed by atoms with Gasteiger partial charge >= 0.3 is 0 Å². The summed E-state index contributed by atoms with van der Waals surface area (Å²) in [7, 11) is 0. The van der Waals surface area contributed by atoms with Crippen LogP contribution < -0.4 is 0 Å². The van der Waals surface area contributed by atoms with E-state index in [0.717, 1.165) is 13.1 Å². The molecule has 0 aromatic rings. The second-order valence-electron chi connectivity index (χ2n) is 2.67. The maximum absolute atomic E-state index is 5.68. The van der Waals surface area contributed by atoms with Gasteiger partial charge in [-0.05, 0) is 6.54 Å². The molecule has 10 heavy (non-hydrogen) atoms. The van der Waals surface area contributed by atoms with Crippen LogP contribution in [0, 0.1) is 0 Å². The van der Waals surface area contributed by atoms with E-state index in [0.29, 0.717) is 6.00 Å². The molecule has 0 saturated carbocycles. The van der Waals surface area contributed by atoms with Crippen molar-refractivity contribution in [2.24, 2.45) is 0 Å². The van der Waals surface area contributed by atoms with Crippen molar-refractivity contribution < 1.29 is 0 Å². The Hall–Kier alpha value is 0.210. The summed E-state index contributed by atoms with van der Waals surface area (Å²) in [6, 6.07) is 0.692. The Kier molecular flexibility index (Phi) is 3.46. The molecule has 0 spiro atoms. The monoisotopic (exact) mass is 162 g/mol. The number of hydrogen-bond donors (Lipinski definition) is 0. The van der Waals surface area contributed by atoms with Crippen LogP contribution >= 0.6 is 11.6 Å². The van der Waals surface area contributed by atoms with Crippen LogP contribution in [0.4, 0.5) is 0 Å². The number of piperazine rings is 1. The largest absolute Gasteiger partial charge is 0.301 e. The van der Waals surface area contributed by atoms with Gasteiger partial charge in [-0.3, -0.25) is 4.90 Å². The first-order valence-corrected chi connectivity index (χ1v) is 4.41. The van der Waals surface area contributed by atoms with Gasteiger partial charge in [0, 0.05) is 26.2 Å². The van der Waals surface area contributed by atoms with Gasteiger partial charge in [-0.25, -0.2) is 0 Å². The highest BCUT2D eigenvalue weighted by atomic mass is 35.5. The molecule has 0 N–H and O–H groups in total. The number of alkyl halides is 1. The summed E-state index contributed by atoms with van der Waals surface area (Å²) in [6.07, 6.45) is 0. The average molecular weight is 163 g/mol. The minimum atomic E-state index is 0.692. The minimum Gasteiger partial charge on any atom is -0.301 e. The van der Waals surface area contributed by atoms with Gasteiger partial charge in [-0.2, -0.15) is 0 Å². The summed E-state index contributed by atoms with van der Waals surface area (Å²) in [4.78, 5) is 4.72. The zero-order valence-electron chi connectivity index (χ0n) is 6.52. The van der Waals surface area contributed by atoms with Crippen LogP contribution in [0.25, 0.3) is 0 Å². The Morgan fingerprint density at radius 2 is 1.60 bits per heavy atom. The number of likely N-dealkylation sites (N-methyl/N-ethyl adjacent to an activating group) is 1. The van der Waals surface area contributed by atoms with E-state index in [9.17, 15) is 0 Å². The molecule has 0 aromatic heterocycles. The van der Waals surface area contributed by atoms with Gasteiger partial charge in [0.15, 0.2) is 0 Å². The van der Waals surface area contributed by atoms with Gasteiger partial charge in [-0.1, -0.05) is 6.92 Å². The SMILES string of the molecule is CCN1CCN(CCl)CC1. The Labute approximate surface area is 67.7 Å². The summed E-state index contributed by atoms with van der Waals surface area (Å²) in [6.45, 7) is 8.02. The third-order valence-corrected chi connectivity index (χ3v) is 2.42. The summed E-state index contributed by atoms with van der Waals surface area (Å²) >= 11 is 5.68. The summed E-state index contributed by atoms with van der Waals surface area (Å²) < 4.78 is 0. The Balaban J connectivity index is 2.17. The van der Waals surface area contributed by atoms with Crippen molar-refractivity contribution in [3.05, 3.63) is 0 Å². The first kappa shape index (κ1) is 8.31. The van der Waals surface area contributed by atoms with Crippen molar-refractivity contribution in [2.75, 3.05) is 38.7 Å². The molecule has 1 fully saturated rings. The van der Waals surface area contributed by atoms with Crippen LogP contribution in [0.5, 0.6) is 0 Å². The highest BCUT2D eigenvalue weighted by Gasteiger charge is 2.13. The second-order valence-corrected chi connectivity index (χ2v) is 2.91. The number of halogens is 1. The first-order valence-electron chi connectivity index (χ1n) is 3.87. The maximum Gasteiger partial charge on any atom is 0.0739 e. The molecule has 1 rings (SSSR count). The maximum atomic E-state index is 5.68. The van der Waals surface area contributed by atoms with E-state index in [2.05, 4.69) is 16.7 Å². The summed E-state index contributed by atoms with van der Waals surface area (Å²) in [5.41, 5.74) is 0. The van der Waals surface area contributed by atoms with Crippen LogP contribution in [0.2, 0.25) is 0 Å². The molecule has 0 unspecified atom stereocenters. The number of nitrogens with zero attached hydrogens (tertiary/aromatic N) is 2. The third-order valence-electron chi connectivity index (χ3n) is 2.08. The minimum absolute atomic E-state index is 0.692. The molecule has 0 bridgehead atoms. The normalized spacial score (nSPS) is 23.4. The van der Waals surface area contributed by atoms with Crippen molar-refractivity contribution in [1.82, 2.24) is 9.80 Å². The van der Waals surface area contributed by atoms with E-state index in [1.807, 2.05) is 0 Å². The van der Waals surface area contributed by atoms with Crippen LogP contribution in [-0.4, -0.2) is 48.5 Å². The third kappa shape index (κ3) is 2.11. The molecule has 1 aliphatic heterocycles. The molecule has 0 amide bonds. The van der Waals surface area contributed by atoms with Crippen molar-refractivity contribution in [3.63, 3.8) is 0 Å². The molecule has 0 aromatic carbocycles. The predicted molar refractivity (Wildman–Crippen MR) is 44.4 cm³/mol. The lowest BCUT2D eigenvalue weighted by Gasteiger charge is -2.32. The Morgan fingerprint density at radius 3 is 2.00 bits per heavy atom. The average Bonchev–Trinajstić information content (AvgIpc) is 2.05. The van der Waals surface area contributed by atoms with Crippen LogP contribution in [0.15, 0.2) is 0 Å². The van der Waals surface area contributed by atoms with Crippen molar-refractivity contribution in [2.45, 2.75) is 6.92 Å². The predicted octanol–water partition coefficient (Wildman–Crippen LogP) is 0.820. The molecule has 2 nitrogen and oxygen atoms in total. The van der Waals surface area contributed by atoms with Crippen LogP contribution in [0.1, 0.15) is 6.92 Å². The van der Waals surface area contributed by atoms with Crippen molar-refractivity contribution in [1.29, 1.82) is 0 Å². The Morgan fingerprint density at radius 1 is 1.10 bits per heavy atom. The second kappa shape index (κ2) is 4.16.